The zero-order chi connectivity index (χ0) is 7.40. The molecule has 1 atom stereocenters. The lowest BCUT2D eigenvalue weighted by Gasteiger charge is -2.07. The molecular weight excluding hydrogens is 166 g/mol. The zero-order valence-corrected chi connectivity index (χ0v) is 8.47. The minimum absolute atomic E-state index is 0. The van der Waals surface area contributed by atoms with E-state index in [1.807, 2.05) is 0 Å². The summed E-state index contributed by atoms with van der Waals surface area (Å²) in [5.74, 6) is 0.900. The third kappa shape index (κ3) is 5.90. The van der Waals surface area contributed by atoms with Crippen molar-refractivity contribution in [3.05, 3.63) is 0 Å². The van der Waals surface area contributed by atoms with Gasteiger partial charge in [0.25, 0.3) is 0 Å². The summed E-state index contributed by atoms with van der Waals surface area (Å²) < 4.78 is 0. The molecule has 1 aliphatic rings. The van der Waals surface area contributed by atoms with E-state index >= 15 is 0 Å². The maximum Gasteiger partial charge on any atom is 0.00671 e. The van der Waals surface area contributed by atoms with Crippen LogP contribution in [-0.2, 0) is 0 Å². The molecule has 1 aliphatic carbocycles. The Labute approximate surface area is 84.6 Å². The molecule has 1 nitrogen and oxygen atoms in total. The number of hydrogen-bond donors (Lipinski definition) is 1. The number of nitrogens with two attached hydrogens (primary N) is 1. The van der Waals surface area contributed by atoms with E-state index in [4.69, 9.17) is 5.73 Å². The van der Waals surface area contributed by atoms with E-state index in [9.17, 15) is 0 Å². The molecule has 0 aromatic rings. The van der Waals surface area contributed by atoms with Crippen molar-refractivity contribution in [1.29, 1.82) is 0 Å². The second-order valence-electron chi connectivity index (χ2n) is 3.50. The first-order valence-electron chi connectivity index (χ1n) is 4.60. The minimum Gasteiger partial charge on any atom is -0.327 e. The van der Waals surface area contributed by atoms with Crippen LogP contribution in [0.15, 0.2) is 0 Å². The first-order valence-corrected chi connectivity index (χ1v) is 4.60. The maximum absolute atomic E-state index is 5.92. The molecular formula is C10H25NS. The predicted octanol–water partition coefficient (Wildman–Crippen LogP) is 3.05. The monoisotopic (exact) mass is 191 g/mol. The molecule has 1 unspecified atom stereocenters. The van der Waals surface area contributed by atoms with Gasteiger partial charge in [-0.3, -0.25) is 0 Å². The summed E-state index contributed by atoms with van der Waals surface area (Å²) in [6, 6.07) is 0.534. The Hall–Kier alpha value is 0.310. The Bertz CT molecular complexity index is 91.8. The molecule has 0 radical (unpaired) electrons. The Morgan fingerprint density at radius 1 is 1.33 bits per heavy atom. The zero-order valence-electron chi connectivity index (χ0n) is 7.47. The summed E-state index contributed by atoms with van der Waals surface area (Å²) in [7, 11) is 0. The van der Waals surface area contributed by atoms with Gasteiger partial charge in [0.2, 0.25) is 0 Å². The quantitative estimate of drug-likeness (QED) is 0.664. The van der Waals surface area contributed by atoms with E-state index in [0.717, 1.165) is 5.92 Å². The van der Waals surface area contributed by atoms with Crippen molar-refractivity contribution in [2.24, 2.45) is 11.7 Å². The van der Waals surface area contributed by atoms with Crippen molar-refractivity contribution in [1.82, 2.24) is 0 Å². The second kappa shape index (κ2) is 7.93. The van der Waals surface area contributed by atoms with E-state index in [-0.39, 0.29) is 20.9 Å². The normalized spacial score (nSPS) is 17.5. The van der Waals surface area contributed by atoms with Crippen LogP contribution in [-0.4, -0.2) is 6.04 Å². The molecule has 2 heteroatoms. The molecule has 0 bridgehead atoms. The molecule has 1 saturated carbocycles. The van der Waals surface area contributed by atoms with Crippen LogP contribution in [0, 0.1) is 5.92 Å². The molecule has 0 heterocycles. The van der Waals surface area contributed by atoms with Crippen molar-refractivity contribution in [2.75, 3.05) is 0 Å². The van der Waals surface area contributed by atoms with Gasteiger partial charge in [-0.25, -0.2) is 0 Å². The molecule has 0 aromatic heterocycles. The molecule has 2 N–H and O–H groups in total. The average molecular weight is 191 g/mol. The van der Waals surface area contributed by atoms with Crippen molar-refractivity contribution >= 4 is 13.5 Å². The van der Waals surface area contributed by atoms with Gasteiger partial charge in [0.1, 0.15) is 0 Å². The van der Waals surface area contributed by atoms with E-state index in [2.05, 4.69) is 6.92 Å². The lowest BCUT2D eigenvalue weighted by atomic mass is 10.1. The molecule has 0 amide bonds. The van der Waals surface area contributed by atoms with Gasteiger partial charge in [-0.05, 0) is 25.2 Å². The van der Waals surface area contributed by atoms with Crippen LogP contribution in [0.1, 0.15) is 52.9 Å². The first-order chi connectivity index (χ1) is 4.84. The van der Waals surface area contributed by atoms with Crippen molar-refractivity contribution in [3.63, 3.8) is 0 Å². The summed E-state index contributed by atoms with van der Waals surface area (Å²) in [6.07, 6.45) is 8.07. The average Bonchev–Trinajstić information content (AvgIpc) is 2.69. The van der Waals surface area contributed by atoms with Crippen molar-refractivity contribution in [2.45, 2.75) is 58.9 Å². The van der Waals surface area contributed by atoms with Crippen LogP contribution in [0.25, 0.3) is 0 Å². The molecule has 1 fully saturated rings. The van der Waals surface area contributed by atoms with Gasteiger partial charge >= 0.3 is 0 Å². The van der Waals surface area contributed by atoms with Gasteiger partial charge in [0, 0.05) is 6.04 Å². The van der Waals surface area contributed by atoms with Gasteiger partial charge in [0.15, 0.2) is 0 Å². The summed E-state index contributed by atoms with van der Waals surface area (Å²) >= 11 is 0. The van der Waals surface area contributed by atoms with Crippen LogP contribution in [0.3, 0.4) is 0 Å². The third-order valence-corrected chi connectivity index (χ3v) is 2.37. The fraction of sp³-hybridized carbons (Fsp3) is 1.00. The van der Waals surface area contributed by atoms with Crippen LogP contribution in [0.4, 0.5) is 0 Å². The first kappa shape index (κ1) is 14.8. The predicted molar refractivity (Wildman–Crippen MR) is 62.0 cm³/mol. The number of unbranched alkanes of at least 4 members (excludes halogenated alkanes) is 2. The third-order valence-electron chi connectivity index (χ3n) is 2.37. The Morgan fingerprint density at radius 2 is 1.92 bits per heavy atom. The standard InChI is InChI=1S/C9H19N.CH4.H2S/c1-2-3-4-5-9(10)8-6-7-8;;/h8-9H,2-7,10H2,1H3;1H4;1H2. The highest BCUT2D eigenvalue weighted by Crippen LogP contribution is 2.33. The topological polar surface area (TPSA) is 26.0 Å². The van der Waals surface area contributed by atoms with Gasteiger partial charge in [-0.15, -0.1) is 0 Å². The molecule has 12 heavy (non-hydrogen) atoms. The number of hydrogen-bond acceptors (Lipinski definition) is 1. The van der Waals surface area contributed by atoms with Gasteiger partial charge in [-0.2, -0.15) is 13.5 Å². The smallest absolute Gasteiger partial charge is 0.00671 e. The molecule has 76 valence electrons. The molecule has 0 spiro atoms. The Morgan fingerprint density at radius 3 is 2.33 bits per heavy atom. The Balaban J connectivity index is 0. The molecule has 0 aromatic carbocycles. The van der Waals surface area contributed by atoms with E-state index < -0.39 is 0 Å². The summed E-state index contributed by atoms with van der Waals surface area (Å²) in [5.41, 5.74) is 5.92. The largest absolute Gasteiger partial charge is 0.327 e. The highest BCUT2D eigenvalue weighted by Gasteiger charge is 2.27. The van der Waals surface area contributed by atoms with E-state index in [1.165, 1.54) is 38.5 Å². The lowest BCUT2D eigenvalue weighted by Crippen LogP contribution is -2.21. The number of rotatable bonds is 5. The highest BCUT2D eigenvalue weighted by atomic mass is 32.1. The fourth-order valence-corrected chi connectivity index (χ4v) is 1.39. The molecule has 0 aliphatic heterocycles. The van der Waals surface area contributed by atoms with E-state index in [1.54, 1.807) is 0 Å². The maximum atomic E-state index is 5.92. The van der Waals surface area contributed by atoms with Gasteiger partial charge < -0.3 is 5.73 Å². The second-order valence-corrected chi connectivity index (χ2v) is 3.50. The highest BCUT2D eigenvalue weighted by molar-refractivity contribution is 7.59. The van der Waals surface area contributed by atoms with Crippen molar-refractivity contribution < 1.29 is 0 Å². The van der Waals surface area contributed by atoms with Crippen LogP contribution >= 0.6 is 13.5 Å². The summed E-state index contributed by atoms with van der Waals surface area (Å²) in [4.78, 5) is 0. The summed E-state index contributed by atoms with van der Waals surface area (Å²) in [6.45, 7) is 2.24. The SMILES string of the molecule is C.CCCCCC(N)C1CC1.S. The Kier molecular flexibility index (Phi) is 9.79. The van der Waals surface area contributed by atoms with Crippen LogP contribution in [0.2, 0.25) is 0 Å². The lowest BCUT2D eigenvalue weighted by molar-refractivity contribution is 0.513. The summed E-state index contributed by atoms with van der Waals surface area (Å²) in [5, 5.41) is 0. The van der Waals surface area contributed by atoms with Gasteiger partial charge in [-0.1, -0.05) is 33.6 Å². The van der Waals surface area contributed by atoms with Crippen molar-refractivity contribution in [3.8, 4) is 0 Å². The van der Waals surface area contributed by atoms with Crippen LogP contribution < -0.4 is 5.73 Å². The molecule has 1 rings (SSSR count). The van der Waals surface area contributed by atoms with Crippen LogP contribution in [0.5, 0.6) is 0 Å². The van der Waals surface area contributed by atoms with Gasteiger partial charge in [0.05, 0.1) is 0 Å². The minimum atomic E-state index is 0. The molecule has 0 saturated heterocycles. The fourth-order valence-electron chi connectivity index (χ4n) is 1.39. The van der Waals surface area contributed by atoms with E-state index in [0.29, 0.717) is 6.04 Å².